The maximum absolute atomic E-state index is 11.2. The largest absolute Gasteiger partial charge is 0.476 e. The maximum atomic E-state index is 11.2. The molecule has 0 saturated heterocycles. The zero-order chi connectivity index (χ0) is 15.8. The molecular weight excluding hydrogens is 274 g/mol. The van der Waals surface area contributed by atoms with Crippen LogP contribution in [0.1, 0.15) is 68.5 Å². The van der Waals surface area contributed by atoms with Crippen LogP contribution >= 0.6 is 0 Å². The van der Waals surface area contributed by atoms with Crippen LogP contribution in [0.4, 0.5) is 0 Å². The van der Waals surface area contributed by atoms with Crippen LogP contribution in [0.15, 0.2) is 4.42 Å². The molecule has 0 atom stereocenters. The fraction of sp³-hybridized carbons (Fsp3) is 0.615. The van der Waals surface area contributed by atoms with Crippen molar-refractivity contribution in [2.45, 2.75) is 52.5 Å². The van der Waals surface area contributed by atoms with Gasteiger partial charge in [0.15, 0.2) is 5.69 Å². The molecule has 0 fully saturated rings. The minimum atomic E-state index is -1.09. The molecule has 0 amide bonds. The van der Waals surface area contributed by atoms with Crippen LogP contribution in [-0.4, -0.2) is 36.3 Å². The first-order chi connectivity index (χ1) is 9.70. The van der Waals surface area contributed by atoms with Crippen molar-refractivity contribution in [3.05, 3.63) is 23.2 Å². The molecule has 8 nitrogen and oxygen atoms in total. The standard InChI is InChI=1S/C13H19N5O3/c1-7(2)10-9(11(19)20)15-17-18(10)6-8-14-16-12(21-8)13(3,4)5/h7H,6H2,1-5H3,(H,19,20). The fourth-order valence-electron chi connectivity index (χ4n) is 1.91. The lowest BCUT2D eigenvalue weighted by Gasteiger charge is -2.11. The van der Waals surface area contributed by atoms with Crippen molar-refractivity contribution in [1.29, 1.82) is 0 Å². The Morgan fingerprint density at radius 1 is 1.29 bits per heavy atom. The summed E-state index contributed by atoms with van der Waals surface area (Å²) < 4.78 is 7.09. The Morgan fingerprint density at radius 2 is 1.95 bits per heavy atom. The molecular formula is C13H19N5O3. The minimum Gasteiger partial charge on any atom is -0.476 e. The first-order valence-electron chi connectivity index (χ1n) is 6.69. The molecule has 0 radical (unpaired) electrons. The van der Waals surface area contributed by atoms with Crippen LogP contribution in [0.5, 0.6) is 0 Å². The molecule has 2 heterocycles. The van der Waals surface area contributed by atoms with E-state index < -0.39 is 5.97 Å². The van der Waals surface area contributed by atoms with Gasteiger partial charge in [0, 0.05) is 5.41 Å². The summed E-state index contributed by atoms with van der Waals surface area (Å²) in [5.41, 5.74) is 0.263. The number of hydrogen-bond donors (Lipinski definition) is 1. The molecule has 114 valence electrons. The number of carbonyl (C=O) groups is 1. The van der Waals surface area contributed by atoms with Crippen molar-refractivity contribution >= 4 is 5.97 Å². The summed E-state index contributed by atoms with van der Waals surface area (Å²) in [6.45, 7) is 9.90. The lowest BCUT2D eigenvalue weighted by molar-refractivity contribution is 0.0688. The summed E-state index contributed by atoms with van der Waals surface area (Å²) in [6.07, 6.45) is 0. The van der Waals surface area contributed by atoms with E-state index in [-0.39, 0.29) is 23.6 Å². The second kappa shape index (κ2) is 5.27. The van der Waals surface area contributed by atoms with Crippen LogP contribution in [0, 0.1) is 0 Å². The van der Waals surface area contributed by atoms with E-state index in [1.165, 1.54) is 4.68 Å². The minimum absolute atomic E-state index is 0.0314. The van der Waals surface area contributed by atoms with Gasteiger partial charge in [0.2, 0.25) is 11.8 Å². The van der Waals surface area contributed by atoms with Crippen molar-refractivity contribution in [2.24, 2.45) is 0 Å². The van der Waals surface area contributed by atoms with Gasteiger partial charge in [0.1, 0.15) is 6.54 Å². The van der Waals surface area contributed by atoms with Crippen LogP contribution in [-0.2, 0) is 12.0 Å². The predicted molar refractivity (Wildman–Crippen MR) is 73.2 cm³/mol. The number of aromatic nitrogens is 5. The Hall–Kier alpha value is -2.25. The lowest BCUT2D eigenvalue weighted by atomic mass is 9.97. The highest BCUT2D eigenvalue weighted by Gasteiger charge is 2.24. The summed E-state index contributed by atoms with van der Waals surface area (Å²) >= 11 is 0. The van der Waals surface area contributed by atoms with E-state index >= 15 is 0 Å². The summed E-state index contributed by atoms with van der Waals surface area (Å²) in [5, 5.41) is 24.7. The van der Waals surface area contributed by atoms with E-state index in [1.807, 2.05) is 34.6 Å². The quantitative estimate of drug-likeness (QED) is 0.916. The average molecular weight is 293 g/mol. The zero-order valence-corrected chi connectivity index (χ0v) is 12.8. The molecule has 21 heavy (non-hydrogen) atoms. The van der Waals surface area contributed by atoms with Crippen molar-refractivity contribution < 1.29 is 14.3 Å². The lowest BCUT2D eigenvalue weighted by Crippen LogP contribution is -2.12. The van der Waals surface area contributed by atoms with Crippen LogP contribution < -0.4 is 0 Å². The van der Waals surface area contributed by atoms with E-state index in [4.69, 9.17) is 9.52 Å². The Morgan fingerprint density at radius 3 is 2.43 bits per heavy atom. The summed E-state index contributed by atoms with van der Waals surface area (Å²) in [6, 6.07) is 0. The third kappa shape index (κ3) is 3.09. The molecule has 0 aliphatic carbocycles. The highest BCUT2D eigenvalue weighted by Crippen LogP contribution is 2.22. The zero-order valence-electron chi connectivity index (χ0n) is 12.8. The van der Waals surface area contributed by atoms with Gasteiger partial charge in [-0.25, -0.2) is 9.48 Å². The van der Waals surface area contributed by atoms with Gasteiger partial charge in [-0.05, 0) is 5.92 Å². The normalized spacial score (nSPS) is 12.1. The average Bonchev–Trinajstić information content (AvgIpc) is 2.94. The molecule has 2 rings (SSSR count). The molecule has 2 aromatic rings. The molecule has 0 unspecified atom stereocenters. The summed E-state index contributed by atoms with van der Waals surface area (Å²) in [4.78, 5) is 11.2. The molecule has 0 saturated carbocycles. The highest BCUT2D eigenvalue weighted by molar-refractivity contribution is 5.86. The second-order valence-corrected chi connectivity index (χ2v) is 6.19. The SMILES string of the molecule is CC(C)c1c(C(=O)O)nnn1Cc1nnc(C(C)(C)C)o1. The van der Waals surface area contributed by atoms with Crippen molar-refractivity contribution in [2.75, 3.05) is 0 Å². The van der Waals surface area contributed by atoms with E-state index in [0.717, 1.165) is 0 Å². The Balaban J connectivity index is 2.32. The van der Waals surface area contributed by atoms with E-state index in [1.54, 1.807) is 0 Å². The Kier molecular flexibility index (Phi) is 3.80. The van der Waals surface area contributed by atoms with Gasteiger partial charge in [-0.3, -0.25) is 0 Å². The Bertz CT molecular complexity index is 651. The molecule has 8 heteroatoms. The van der Waals surface area contributed by atoms with E-state index in [9.17, 15) is 4.79 Å². The van der Waals surface area contributed by atoms with Gasteiger partial charge in [-0.15, -0.1) is 15.3 Å². The van der Waals surface area contributed by atoms with Gasteiger partial charge < -0.3 is 9.52 Å². The number of hydrogen-bond acceptors (Lipinski definition) is 6. The summed E-state index contributed by atoms with van der Waals surface area (Å²) in [7, 11) is 0. The van der Waals surface area contributed by atoms with Crippen molar-refractivity contribution in [3.63, 3.8) is 0 Å². The molecule has 0 bridgehead atoms. The third-order valence-electron chi connectivity index (χ3n) is 2.92. The van der Waals surface area contributed by atoms with Gasteiger partial charge in [0.05, 0.1) is 5.69 Å². The molecule has 2 aromatic heterocycles. The topological polar surface area (TPSA) is 107 Å². The summed E-state index contributed by atoms with van der Waals surface area (Å²) in [5.74, 6) is -0.215. The molecule has 0 spiro atoms. The molecule has 0 aromatic carbocycles. The number of aromatic carboxylic acids is 1. The van der Waals surface area contributed by atoms with Crippen molar-refractivity contribution in [3.8, 4) is 0 Å². The molecule has 1 N–H and O–H groups in total. The van der Waals surface area contributed by atoms with Gasteiger partial charge >= 0.3 is 5.97 Å². The third-order valence-corrected chi connectivity index (χ3v) is 2.92. The first kappa shape index (κ1) is 15.1. The first-order valence-corrected chi connectivity index (χ1v) is 6.69. The number of carboxylic acids is 1. The fourth-order valence-corrected chi connectivity index (χ4v) is 1.91. The van der Waals surface area contributed by atoms with Crippen molar-refractivity contribution in [1.82, 2.24) is 25.2 Å². The van der Waals surface area contributed by atoms with Gasteiger partial charge in [0.25, 0.3) is 0 Å². The number of rotatable bonds is 4. The molecule has 0 aliphatic heterocycles. The number of nitrogens with zero attached hydrogens (tertiary/aromatic N) is 5. The van der Waals surface area contributed by atoms with E-state index in [0.29, 0.717) is 17.5 Å². The van der Waals surface area contributed by atoms with E-state index in [2.05, 4.69) is 20.5 Å². The smallest absolute Gasteiger partial charge is 0.358 e. The van der Waals surface area contributed by atoms with Crippen LogP contribution in [0.3, 0.4) is 0 Å². The Labute approximate surface area is 122 Å². The molecule has 0 aliphatic rings. The van der Waals surface area contributed by atoms with Crippen LogP contribution in [0.25, 0.3) is 0 Å². The number of carboxylic acid groups (broad SMARTS) is 1. The second-order valence-electron chi connectivity index (χ2n) is 6.19. The van der Waals surface area contributed by atoms with Gasteiger partial charge in [-0.2, -0.15) is 0 Å². The van der Waals surface area contributed by atoms with Gasteiger partial charge in [-0.1, -0.05) is 39.8 Å². The monoisotopic (exact) mass is 293 g/mol. The van der Waals surface area contributed by atoms with Crippen LogP contribution in [0.2, 0.25) is 0 Å². The maximum Gasteiger partial charge on any atom is 0.358 e. The predicted octanol–water partition coefficient (Wildman–Crippen LogP) is 1.83. The highest BCUT2D eigenvalue weighted by atomic mass is 16.4.